The molecule has 1 fully saturated rings. The lowest BCUT2D eigenvalue weighted by Gasteiger charge is -2.15. The van der Waals surface area contributed by atoms with E-state index in [0.717, 1.165) is 25.0 Å². The van der Waals surface area contributed by atoms with E-state index in [1.54, 1.807) is 0 Å². The van der Waals surface area contributed by atoms with Crippen molar-refractivity contribution >= 4 is 11.6 Å². The van der Waals surface area contributed by atoms with Crippen LogP contribution in [-0.4, -0.2) is 18.5 Å². The number of hydrogen-bond acceptors (Lipinski definition) is 2. The van der Waals surface area contributed by atoms with Gasteiger partial charge in [-0.25, -0.2) is 8.78 Å². The van der Waals surface area contributed by atoms with E-state index in [4.69, 9.17) is 0 Å². The molecular weight excluding hydrogens is 262 g/mol. The summed E-state index contributed by atoms with van der Waals surface area (Å²) in [7, 11) is 0. The van der Waals surface area contributed by atoms with Crippen molar-refractivity contribution in [3.8, 4) is 0 Å². The molecule has 0 unspecified atom stereocenters. The first kappa shape index (κ1) is 14.9. The number of hydrogen-bond donors (Lipinski definition) is 2. The Morgan fingerprint density at radius 3 is 2.45 bits per heavy atom. The minimum atomic E-state index is -0.959. The van der Waals surface area contributed by atoms with Crippen molar-refractivity contribution in [1.82, 2.24) is 5.32 Å². The SMILES string of the molecule is O=C(CNC1CCCCCC1)Nc1ccc(F)c(F)c1. The summed E-state index contributed by atoms with van der Waals surface area (Å²) in [6, 6.07) is 3.72. The van der Waals surface area contributed by atoms with E-state index in [2.05, 4.69) is 10.6 Å². The first-order chi connectivity index (χ1) is 9.65. The molecule has 0 aromatic heterocycles. The maximum absolute atomic E-state index is 13.0. The van der Waals surface area contributed by atoms with Crippen LogP contribution in [0.3, 0.4) is 0 Å². The highest BCUT2D eigenvalue weighted by atomic mass is 19.2. The van der Waals surface area contributed by atoms with Gasteiger partial charge >= 0.3 is 0 Å². The number of halogens is 2. The molecule has 20 heavy (non-hydrogen) atoms. The fraction of sp³-hybridized carbons (Fsp3) is 0.533. The van der Waals surface area contributed by atoms with E-state index in [-0.39, 0.29) is 18.1 Å². The highest BCUT2D eigenvalue weighted by molar-refractivity contribution is 5.92. The van der Waals surface area contributed by atoms with Crippen molar-refractivity contribution in [3.63, 3.8) is 0 Å². The van der Waals surface area contributed by atoms with Gasteiger partial charge in [-0.05, 0) is 25.0 Å². The van der Waals surface area contributed by atoms with Crippen LogP contribution < -0.4 is 10.6 Å². The van der Waals surface area contributed by atoms with Crippen LogP contribution in [0.2, 0.25) is 0 Å². The quantitative estimate of drug-likeness (QED) is 0.833. The summed E-state index contributed by atoms with van der Waals surface area (Å²) in [4.78, 5) is 11.7. The van der Waals surface area contributed by atoms with Gasteiger partial charge in [0, 0.05) is 17.8 Å². The van der Waals surface area contributed by atoms with Crippen molar-refractivity contribution in [2.75, 3.05) is 11.9 Å². The van der Waals surface area contributed by atoms with Gasteiger partial charge in [0.15, 0.2) is 11.6 Å². The number of carbonyl (C=O) groups excluding carboxylic acids is 1. The van der Waals surface area contributed by atoms with E-state index in [1.807, 2.05) is 0 Å². The number of rotatable bonds is 4. The molecule has 0 aliphatic heterocycles. The second-order valence-electron chi connectivity index (χ2n) is 5.25. The molecule has 110 valence electrons. The van der Waals surface area contributed by atoms with Crippen molar-refractivity contribution in [1.29, 1.82) is 0 Å². The Labute approximate surface area is 117 Å². The van der Waals surface area contributed by atoms with Crippen LogP contribution in [0.4, 0.5) is 14.5 Å². The van der Waals surface area contributed by atoms with Crippen molar-refractivity contribution in [2.45, 2.75) is 44.6 Å². The van der Waals surface area contributed by atoms with Gasteiger partial charge in [0.2, 0.25) is 5.91 Å². The van der Waals surface area contributed by atoms with Crippen molar-refractivity contribution < 1.29 is 13.6 Å². The lowest BCUT2D eigenvalue weighted by molar-refractivity contribution is -0.115. The molecular formula is C15H20F2N2O. The van der Waals surface area contributed by atoms with Gasteiger partial charge in [-0.15, -0.1) is 0 Å². The smallest absolute Gasteiger partial charge is 0.238 e. The topological polar surface area (TPSA) is 41.1 Å². The van der Waals surface area contributed by atoms with E-state index >= 15 is 0 Å². The summed E-state index contributed by atoms with van der Waals surface area (Å²) in [6.07, 6.45) is 7.11. The second kappa shape index (κ2) is 7.33. The molecule has 0 atom stereocenters. The monoisotopic (exact) mass is 282 g/mol. The average Bonchev–Trinajstić information content (AvgIpc) is 2.69. The largest absolute Gasteiger partial charge is 0.325 e. The maximum Gasteiger partial charge on any atom is 0.238 e. The van der Waals surface area contributed by atoms with Crippen LogP contribution in [0.1, 0.15) is 38.5 Å². The lowest BCUT2D eigenvalue weighted by atomic mass is 10.1. The van der Waals surface area contributed by atoms with Gasteiger partial charge in [-0.2, -0.15) is 0 Å². The van der Waals surface area contributed by atoms with Gasteiger partial charge in [0.1, 0.15) is 0 Å². The highest BCUT2D eigenvalue weighted by Gasteiger charge is 2.13. The normalized spacial score (nSPS) is 16.7. The number of anilines is 1. The lowest BCUT2D eigenvalue weighted by Crippen LogP contribution is -2.35. The van der Waals surface area contributed by atoms with Crippen molar-refractivity contribution in [3.05, 3.63) is 29.8 Å². The summed E-state index contributed by atoms with van der Waals surface area (Å²) in [5.74, 6) is -2.11. The van der Waals surface area contributed by atoms with Gasteiger partial charge in [-0.3, -0.25) is 4.79 Å². The number of nitrogens with one attached hydrogen (secondary N) is 2. The minimum Gasteiger partial charge on any atom is -0.325 e. The van der Waals surface area contributed by atoms with Crippen molar-refractivity contribution in [2.24, 2.45) is 0 Å². The minimum absolute atomic E-state index is 0.198. The molecule has 0 spiro atoms. The standard InChI is InChI=1S/C15H20F2N2O/c16-13-8-7-12(9-14(13)17)19-15(20)10-18-11-5-3-1-2-4-6-11/h7-9,11,18H,1-6,10H2,(H,19,20). The van der Waals surface area contributed by atoms with E-state index in [1.165, 1.54) is 31.7 Å². The van der Waals surface area contributed by atoms with Crippen LogP contribution in [0.5, 0.6) is 0 Å². The Morgan fingerprint density at radius 1 is 1.10 bits per heavy atom. The summed E-state index contributed by atoms with van der Waals surface area (Å²) in [5.41, 5.74) is 0.275. The Hall–Kier alpha value is -1.49. The summed E-state index contributed by atoms with van der Waals surface area (Å²) >= 11 is 0. The van der Waals surface area contributed by atoms with Gasteiger partial charge in [0.05, 0.1) is 6.54 Å². The molecule has 1 aliphatic carbocycles. The molecule has 1 saturated carbocycles. The molecule has 1 aromatic carbocycles. The molecule has 1 aliphatic rings. The Balaban J connectivity index is 1.78. The first-order valence-corrected chi connectivity index (χ1v) is 7.13. The Bertz CT molecular complexity index is 457. The molecule has 0 heterocycles. The maximum atomic E-state index is 13.0. The molecule has 0 radical (unpaired) electrons. The first-order valence-electron chi connectivity index (χ1n) is 7.13. The van der Waals surface area contributed by atoms with Crippen LogP contribution in [0.15, 0.2) is 18.2 Å². The molecule has 0 bridgehead atoms. The molecule has 1 aromatic rings. The third-order valence-corrected chi connectivity index (χ3v) is 3.61. The Kier molecular flexibility index (Phi) is 5.47. The van der Waals surface area contributed by atoms with E-state index < -0.39 is 11.6 Å². The second-order valence-corrected chi connectivity index (χ2v) is 5.25. The van der Waals surface area contributed by atoms with Gasteiger partial charge < -0.3 is 10.6 Å². The van der Waals surface area contributed by atoms with E-state index in [0.29, 0.717) is 6.04 Å². The van der Waals surface area contributed by atoms with E-state index in [9.17, 15) is 13.6 Å². The van der Waals surface area contributed by atoms with Gasteiger partial charge in [0.25, 0.3) is 0 Å². The number of amides is 1. The molecule has 1 amide bonds. The molecule has 0 saturated heterocycles. The fourth-order valence-corrected chi connectivity index (χ4v) is 2.50. The average molecular weight is 282 g/mol. The molecule has 5 heteroatoms. The zero-order chi connectivity index (χ0) is 14.4. The van der Waals surface area contributed by atoms with Crippen LogP contribution in [0.25, 0.3) is 0 Å². The number of carbonyl (C=O) groups is 1. The highest BCUT2D eigenvalue weighted by Crippen LogP contribution is 2.17. The zero-order valence-corrected chi connectivity index (χ0v) is 11.4. The number of benzene rings is 1. The Morgan fingerprint density at radius 2 is 1.80 bits per heavy atom. The summed E-state index contributed by atoms with van der Waals surface area (Å²) < 4.78 is 25.8. The van der Waals surface area contributed by atoms with Crippen LogP contribution in [0, 0.1) is 11.6 Å². The predicted molar refractivity (Wildman–Crippen MR) is 74.5 cm³/mol. The van der Waals surface area contributed by atoms with Crippen LogP contribution >= 0.6 is 0 Å². The third-order valence-electron chi connectivity index (χ3n) is 3.61. The molecule has 2 rings (SSSR count). The summed E-state index contributed by atoms with van der Waals surface area (Å²) in [6.45, 7) is 0.198. The summed E-state index contributed by atoms with van der Waals surface area (Å²) in [5, 5.41) is 5.78. The predicted octanol–water partition coefficient (Wildman–Crippen LogP) is 3.22. The van der Waals surface area contributed by atoms with Crippen LogP contribution in [-0.2, 0) is 4.79 Å². The fourth-order valence-electron chi connectivity index (χ4n) is 2.50. The molecule has 2 N–H and O–H groups in total. The van der Waals surface area contributed by atoms with Gasteiger partial charge in [-0.1, -0.05) is 25.7 Å². The third kappa shape index (κ3) is 4.56. The molecule has 3 nitrogen and oxygen atoms in total. The zero-order valence-electron chi connectivity index (χ0n) is 11.4.